The molecule has 0 aliphatic heterocycles. The van der Waals surface area contributed by atoms with Crippen LogP contribution in [0, 0.1) is 17.1 Å². The average molecular weight is 478 g/mol. The van der Waals surface area contributed by atoms with Gasteiger partial charge in [0.2, 0.25) is 0 Å². The van der Waals surface area contributed by atoms with Crippen LogP contribution in [0.3, 0.4) is 0 Å². The number of nitrogens with one attached hydrogen (secondary N) is 1. The molecule has 0 aliphatic rings. The third-order valence-electron chi connectivity index (χ3n) is 6.19. The number of halogens is 1. The van der Waals surface area contributed by atoms with Crippen molar-refractivity contribution in [2.45, 2.75) is 19.4 Å². The number of pyridine rings is 1. The Balaban J connectivity index is 1.63. The first-order valence-electron chi connectivity index (χ1n) is 11.6. The zero-order chi connectivity index (χ0) is 25.2. The van der Waals surface area contributed by atoms with Gasteiger partial charge in [-0.05, 0) is 59.8 Å². The van der Waals surface area contributed by atoms with Gasteiger partial charge in [0, 0.05) is 35.4 Å². The number of nitriles is 1. The van der Waals surface area contributed by atoms with E-state index in [0.717, 1.165) is 28.4 Å². The van der Waals surface area contributed by atoms with Crippen LogP contribution in [0.2, 0.25) is 0 Å². The second-order valence-corrected chi connectivity index (χ2v) is 8.53. The molecule has 178 valence electrons. The van der Waals surface area contributed by atoms with E-state index in [-0.39, 0.29) is 5.82 Å². The molecular formula is C28H24FN7. The van der Waals surface area contributed by atoms with Crippen molar-refractivity contribution in [3.63, 3.8) is 0 Å². The number of aryl methyl sites for hydroxylation is 2. The van der Waals surface area contributed by atoms with E-state index in [1.54, 1.807) is 42.2 Å². The molecule has 5 aromatic rings. The van der Waals surface area contributed by atoms with Gasteiger partial charge < -0.3 is 11.1 Å². The number of aromatic nitrogens is 4. The monoisotopic (exact) mass is 477 g/mol. The lowest BCUT2D eigenvalue weighted by Gasteiger charge is -2.21. The molecule has 0 saturated heterocycles. The minimum atomic E-state index is -0.626. The molecule has 2 heterocycles. The fourth-order valence-electron chi connectivity index (χ4n) is 4.27. The van der Waals surface area contributed by atoms with Gasteiger partial charge in [0.15, 0.2) is 11.6 Å². The molecule has 0 bridgehead atoms. The van der Waals surface area contributed by atoms with Crippen LogP contribution < -0.4 is 11.1 Å². The third-order valence-corrected chi connectivity index (χ3v) is 6.19. The summed E-state index contributed by atoms with van der Waals surface area (Å²) in [5.74, 6) is 1.11. The van der Waals surface area contributed by atoms with Crippen LogP contribution >= 0.6 is 0 Å². The Morgan fingerprint density at radius 1 is 1.11 bits per heavy atom. The van der Waals surface area contributed by atoms with E-state index in [1.807, 2.05) is 43.3 Å². The summed E-state index contributed by atoms with van der Waals surface area (Å²) in [4.78, 5) is 8.93. The van der Waals surface area contributed by atoms with E-state index < -0.39 is 6.04 Å². The van der Waals surface area contributed by atoms with Gasteiger partial charge in [0.25, 0.3) is 0 Å². The van der Waals surface area contributed by atoms with Gasteiger partial charge in [-0.25, -0.2) is 14.4 Å². The molecule has 5 rings (SSSR count). The normalized spacial score (nSPS) is 11.8. The molecule has 36 heavy (non-hydrogen) atoms. The van der Waals surface area contributed by atoms with Gasteiger partial charge in [0.1, 0.15) is 17.7 Å². The summed E-state index contributed by atoms with van der Waals surface area (Å²) >= 11 is 0. The van der Waals surface area contributed by atoms with Crippen molar-refractivity contribution in [3.8, 4) is 17.5 Å². The summed E-state index contributed by atoms with van der Waals surface area (Å²) in [7, 11) is 1.78. The second kappa shape index (κ2) is 9.47. The van der Waals surface area contributed by atoms with Crippen LogP contribution in [-0.2, 0) is 13.5 Å². The largest absolute Gasteiger partial charge is 0.383 e. The zero-order valence-corrected chi connectivity index (χ0v) is 19.9. The fraction of sp³-hybridized carbons (Fsp3) is 0.143. The standard InChI is InChI=1S/C28H24FN7/c1-3-17-7-10-24(29)23(14-17)25(33-21-8-9-22-19(15-21)11-12-32-26(22)31)28-34-27(35-36(28)2)20-6-4-5-18(13-20)16-30/h4-15,25,33H,3H2,1-2H3,(H2,31,32). The highest BCUT2D eigenvalue weighted by Crippen LogP contribution is 2.32. The molecule has 0 aliphatic carbocycles. The third kappa shape index (κ3) is 4.34. The zero-order valence-electron chi connectivity index (χ0n) is 19.9. The summed E-state index contributed by atoms with van der Waals surface area (Å²) in [5.41, 5.74) is 9.50. The maximum absolute atomic E-state index is 15.3. The number of anilines is 2. The van der Waals surface area contributed by atoms with Crippen molar-refractivity contribution in [1.82, 2.24) is 19.7 Å². The van der Waals surface area contributed by atoms with E-state index >= 15 is 4.39 Å². The molecule has 0 saturated carbocycles. The van der Waals surface area contributed by atoms with Gasteiger partial charge in [-0.1, -0.05) is 31.2 Å². The molecule has 1 unspecified atom stereocenters. The van der Waals surface area contributed by atoms with Crippen LogP contribution in [0.25, 0.3) is 22.2 Å². The Labute approximate surface area is 208 Å². The van der Waals surface area contributed by atoms with Crippen LogP contribution in [-0.4, -0.2) is 19.7 Å². The van der Waals surface area contributed by atoms with Crippen molar-refractivity contribution >= 4 is 22.3 Å². The number of hydrogen-bond donors (Lipinski definition) is 2. The number of hydrogen-bond acceptors (Lipinski definition) is 6. The number of benzene rings is 3. The fourth-order valence-corrected chi connectivity index (χ4v) is 4.27. The lowest BCUT2D eigenvalue weighted by Crippen LogP contribution is -2.19. The number of nitrogens with two attached hydrogens (primary N) is 1. The predicted octanol–water partition coefficient (Wildman–Crippen LogP) is 5.39. The van der Waals surface area contributed by atoms with E-state index in [9.17, 15) is 5.26 Å². The van der Waals surface area contributed by atoms with Gasteiger partial charge in [-0.2, -0.15) is 10.4 Å². The highest BCUT2D eigenvalue weighted by Gasteiger charge is 2.25. The van der Waals surface area contributed by atoms with E-state index in [0.29, 0.717) is 34.2 Å². The molecule has 3 N–H and O–H groups in total. The van der Waals surface area contributed by atoms with E-state index in [2.05, 4.69) is 21.5 Å². The molecule has 3 aromatic carbocycles. The Morgan fingerprint density at radius 2 is 1.97 bits per heavy atom. The number of rotatable bonds is 6. The van der Waals surface area contributed by atoms with Crippen molar-refractivity contribution in [2.24, 2.45) is 7.05 Å². The first kappa shape index (κ1) is 23.0. The average Bonchev–Trinajstić information content (AvgIpc) is 3.29. The molecule has 0 amide bonds. The van der Waals surface area contributed by atoms with Crippen molar-refractivity contribution in [3.05, 3.63) is 101 Å². The van der Waals surface area contributed by atoms with E-state index in [4.69, 9.17) is 10.7 Å². The Hall–Kier alpha value is -4.77. The number of nitrogens with zero attached hydrogens (tertiary/aromatic N) is 5. The molecule has 0 fully saturated rings. The SMILES string of the molecule is CCc1ccc(F)c(C(Nc2ccc3c(N)nccc3c2)c2nc(-c3cccc(C#N)c3)nn2C)c1. The summed E-state index contributed by atoms with van der Waals surface area (Å²) in [6.07, 6.45) is 2.43. The van der Waals surface area contributed by atoms with Crippen LogP contribution in [0.4, 0.5) is 15.9 Å². The molecule has 0 radical (unpaired) electrons. The Kier molecular flexibility index (Phi) is 6.05. The van der Waals surface area contributed by atoms with Gasteiger partial charge in [-0.3, -0.25) is 4.68 Å². The molecular weight excluding hydrogens is 453 g/mol. The van der Waals surface area contributed by atoms with Crippen molar-refractivity contribution in [1.29, 1.82) is 5.26 Å². The molecule has 1 atom stereocenters. The number of nitrogen functional groups attached to an aromatic ring is 1. The van der Waals surface area contributed by atoms with E-state index in [1.165, 1.54) is 6.07 Å². The maximum atomic E-state index is 15.3. The summed E-state index contributed by atoms with van der Waals surface area (Å²) < 4.78 is 16.9. The first-order chi connectivity index (χ1) is 17.5. The molecule has 7 nitrogen and oxygen atoms in total. The smallest absolute Gasteiger partial charge is 0.181 e. The Bertz CT molecular complexity index is 1620. The van der Waals surface area contributed by atoms with Crippen LogP contribution in [0.15, 0.2) is 72.9 Å². The van der Waals surface area contributed by atoms with Gasteiger partial charge >= 0.3 is 0 Å². The summed E-state index contributed by atoms with van der Waals surface area (Å²) in [6, 6.07) is 21.4. The highest BCUT2D eigenvalue weighted by atomic mass is 19.1. The lowest BCUT2D eigenvalue weighted by atomic mass is 10.0. The maximum Gasteiger partial charge on any atom is 0.181 e. The van der Waals surface area contributed by atoms with Gasteiger partial charge in [-0.15, -0.1) is 0 Å². The first-order valence-corrected chi connectivity index (χ1v) is 11.6. The highest BCUT2D eigenvalue weighted by molar-refractivity contribution is 5.92. The minimum Gasteiger partial charge on any atom is -0.383 e. The minimum absolute atomic E-state index is 0.338. The topological polar surface area (TPSA) is 105 Å². The predicted molar refractivity (Wildman–Crippen MR) is 139 cm³/mol. The van der Waals surface area contributed by atoms with Crippen LogP contribution in [0.1, 0.15) is 35.5 Å². The molecule has 0 spiro atoms. The van der Waals surface area contributed by atoms with Crippen molar-refractivity contribution < 1.29 is 4.39 Å². The van der Waals surface area contributed by atoms with Crippen molar-refractivity contribution in [2.75, 3.05) is 11.1 Å². The summed E-state index contributed by atoms with van der Waals surface area (Å²) in [6.45, 7) is 2.03. The molecule has 8 heteroatoms. The van der Waals surface area contributed by atoms with Crippen LogP contribution in [0.5, 0.6) is 0 Å². The molecule has 2 aromatic heterocycles. The second-order valence-electron chi connectivity index (χ2n) is 8.53. The Morgan fingerprint density at radius 3 is 2.78 bits per heavy atom. The quantitative estimate of drug-likeness (QED) is 0.340. The number of fused-ring (bicyclic) bond motifs is 1. The lowest BCUT2D eigenvalue weighted by molar-refractivity contribution is 0.590. The van der Waals surface area contributed by atoms with Gasteiger partial charge in [0.05, 0.1) is 11.6 Å². The summed E-state index contributed by atoms with van der Waals surface area (Å²) in [5, 5.41) is 19.1.